The molecule has 2 aliphatic rings. The van der Waals surface area contributed by atoms with E-state index in [1.807, 2.05) is 0 Å². The summed E-state index contributed by atoms with van der Waals surface area (Å²) >= 11 is 0. The van der Waals surface area contributed by atoms with Gasteiger partial charge in [-0.1, -0.05) is 6.92 Å². The Morgan fingerprint density at radius 3 is 3.00 bits per heavy atom. The highest BCUT2D eigenvalue weighted by molar-refractivity contribution is 5.85. The van der Waals surface area contributed by atoms with Crippen molar-refractivity contribution in [2.75, 3.05) is 26.2 Å². The van der Waals surface area contributed by atoms with Crippen molar-refractivity contribution in [3.8, 4) is 0 Å². The molecular formula is C11H21N3O. The molecule has 0 spiro atoms. The van der Waals surface area contributed by atoms with Crippen LogP contribution < -0.4 is 5.73 Å². The quantitative estimate of drug-likeness (QED) is 0.548. The van der Waals surface area contributed by atoms with E-state index in [4.69, 9.17) is 10.5 Å². The summed E-state index contributed by atoms with van der Waals surface area (Å²) in [6.45, 7) is 6.06. The third kappa shape index (κ3) is 3.18. The summed E-state index contributed by atoms with van der Waals surface area (Å²) in [4.78, 5) is 6.86. The SMILES string of the molecule is CCCN1CCOC(C(N)=NC2CC2)C1. The first-order valence-electron chi connectivity index (χ1n) is 5.96. The summed E-state index contributed by atoms with van der Waals surface area (Å²) in [5.74, 6) is 0.707. The molecule has 0 aromatic heterocycles. The zero-order valence-electron chi connectivity index (χ0n) is 9.48. The van der Waals surface area contributed by atoms with Crippen LogP contribution in [0.15, 0.2) is 4.99 Å². The first kappa shape index (κ1) is 10.9. The molecule has 1 unspecified atom stereocenters. The largest absolute Gasteiger partial charge is 0.385 e. The molecule has 1 heterocycles. The fraction of sp³-hybridized carbons (Fsp3) is 0.909. The second-order valence-corrected chi connectivity index (χ2v) is 4.45. The molecule has 0 amide bonds. The van der Waals surface area contributed by atoms with Crippen LogP contribution in [0, 0.1) is 0 Å². The summed E-state index contributed by atoms with van der Waals surface area (Å²) in [5, 5.41) is 0. The van der Waals surface area contributed by atoms with Crippen molar-refractivity contribution in [2.45, 2.75) is 38.3 Å². The minimum Gasteiger partial charge on any atom is -0.385 e. The van der Waals surface area contributed by atoms with E-state index in [2.05, 4.69) is 16.8 Å². The Morgan fingerprint density at radius 1 is 1.53 bits per heavy atom. The van der Waals surface area contributed by atoms with Gasteiger partial charge in [-0.05, 0) is 25.8 Å². The second kappa shape index (κ2) is 4.94. The molecule has 4 nitrogen and oxygen atoms in total. The molecule has 1 saturated heterocycles. The van der Waals surface area contributed by atoms with E-state index < -0.39 is 0 Å². The number of hydrogen-bond acceptors (Lipinski definition) is 3. The lowest BCUT2D eigenvalue weighted by Gasteiger charge is -2.32. The lowest BCUT2D eigenvalue weighted by atomic mass is 10.2. The maximum Gasteiger partial charge on any atom is 0.127 e. The van der Waals surface area contributed by atoms with Gasteiger partial charge in [0.2, 0.25) is 0 Å². The Balaban J connectivity index is 1.85. The van der Waals surface area contributed by atoms with Gasteiger partial charge in [-0.15, -0.1) is 0 Å². The topological polar surface area (TPSA) is 50.9 Å². The van der Waals surface area contributed by atoms with Gasteiger partial charge >= 0.3 is 0 Å². The van der Waals surface area contributed by atoms with Crippen LogP contribution in [0.1, 0.15) is 26.2 Å². The van der Waals surface area contributed by atoms with Crippen molar-refractivity contribution >= 4 is 5.84 Å². The Labute approximate surface area is 91.5 Å². The fourth-order valence-corrected chi connectivity index (χ4v) is 1.90. The van der Waals surface area contributed by atoms with Gasteiger partial charge in [-0.25, -0.2) is 0 Å². The second-order valence-electron chi connectivity index (χ2n) is 4.45. The molecule has 2 rings (SSSR count). The van der Waals surface area contributed by atoms with E-state index in [1.54, 1.807) is 0 Å². The van der Waals surface area contributed by atoms with Crippen LogP contribution in [0.4, 0.5) is 0 Å². The first-order valence-corrected chi connectivity index (χ1v) is 5.96. The molecule has 0 aromatic carbocycles. The van der Waals surface area contributed by atoms with E-state index in [-0.39, 0.29) is 6.10 Å². The molecule has 1 aliphatic heterocycles. The van der Waals surface area contributed by atoms with Crippen LogP contribution >= 0.6 is 0 Å². The zero-order valence-corrected chi connectivity index (χ0v) is 9.48. The van der Waals surface area contributed by atoms with E-state index in [1.165, 1.54) is 19.3 Å². The maximum absolute atomic E-state index is 5.95. The van der Waals surface area contributed by atoms with Gasteiger partial charge in [0.15, 0.2) is 0 Å². The monoisotopic (exact) mass is 211 g/mol. The van der Waals surface area contributed by atoms with Gasteiger partial charge in [0.1, 0.15) is 11.9 Å². The lowest BCUT2D eigenvalue weighted by Crippen LogP contribution is -2.48. The number of morpholine rings is 1. The van der Waals surface area contributed by atoms with Crippen molar-refractivity contribution in [1.82, 2.24) is 4.90 Å². The highest BCUT2D eigenvalue weighted by Crippen LogP contribution is 2.23. The van der Waals surface area contributed by atoms with Crippen LogP contribution in [0.2, 0.25) is 0 Å². The molecule has 0 bridgehead atoms. The first-order chi connectivity index (χ1) is 7.29. The van der Waals surface area contributed by atoms with Gasteiger partial charge in [0.25, 0.3) is 0 Å². The average Bonchev–Trinajstić information content (AvgIpc) is 3.03. The number of hydrogen-bond donors (Lipinski definition) is 1. The fourth-order valence-electron chi connectivity index (χ4n) is 1.90. The molecule has 15 heavy (non-hydrogen) atoms. The van der Waals surface area contributed by atoms with Crippen LogP contribution in [0.25, 0.3) is 0 Å². The molecule has 86 valence electrons. The normalized spacial score (nSPS) is 29.4. The van der Waals surface area contributed by atoms with Crippen molar-refractivity contribution in [3.63, 3.8) is 0 Å². The molecule has 1 saturated carbocycles. The Bertz CT molecular complexity index is 236. The van der Waals surface area contributed by atoms with E-state index in [9.17, 15) is 0 Å². The highest BCUT2D eigenvalue weighted by atomic mass is 16.5. The predicted octanol–water partition coefficient (Wildman–Crippen LogP) is 0.617. The minimum absolute atomic E-state index is 0.0332. The van der Waals surface area contributed by atoms with Gasteiger partial charge < -0.3 is 10.5 Å². The molecule has 2 fully saturated rings. The van der Waals surface area contributed by atoms with Crippen LogP contribution in [0.3, 0.4) is 0 Å². The number of amidine groups is 1. The van der Waals surface area contributed by atoms with Gasteiger partial charge in [0, 0.05) is 13.1 Å². The van der Waals surface area contributed by atoms with Gasteiger partial charge in [-0.2, -0.15) is 0 Å². The number of nitrogens with zero attached hydrogens (tertiary/aromatic N) is 2. The Hall–Kier alpha value is -0.610. The maximum atomic E-state index is 5.95. The molecule has 0 aromatic rings. The molecule has 1 aliphatic carbocycles. The van der Waals surface area contributed by atoms with E-state index in [0.29, 0.717) is 11.9 Å². The number of rotatable bonds is 4. The summed E-state index contributed by atoms with van der Waals surface area (Å²) in [6.07, 6.45) is 3.62. The third-order valence-corrected chi connectivity index (χ3v) is 2.90. The molecule has 2 N–H and O–H groups in total. The molecular weight excluding hydrogens is 190 g/mol. The number of aliphatic imine (C=N–C) groups is 1. The minimum atomic E-state index is 0.0332. The van der Waals surface area contributed by atoms with Crippen molar-refractivity contribution in [1.29, 1.82) is 0 Å². The van der Waals surface area contributed by atoms with Crippen molar-refractivity contribution in [2.24, 2.45) is 10.7 Å². The van der Waals surface area contributed by atoms with Crippen molar-refractivity contribution < 1.29 is 4.74 Å². The summed E-state index contributed by atoms with van der Waals surface area (Å²) in [6, 6.07) is 0.496. The Kier molecular flexibility index (Phi) is 3.59. The Morgan fingerprint density at radius 2 is 2.33 bits per heavy atom. The smallest absolute Gasteiger partial charge is 0.127 e. The number of ether oxygens (including phenoxy) is 1. The van der Waals surface area contributed by atoms with Gasteiger partial charge in [-0.3, -0.25) is 9.89 Å². The van der Waals surface area contributed by atoms with Crippen LogP contribution in [-0.2, 0) is 4.74 Å². The lowest BCUT2D eigenvalue weighted by molar-refractivity contribution is 0.00603. The number of nitrogens with two attached hydrogens (primary N) is 1. The summed E-state index contributed by atoms with van der Waals surface area (Å²) in [7, 11) is 0. The van der Waals surface area contributed by atoms with Crippen molar-refractivity contribution in [3.05, 3.63) is 0 Å². The highest BCUT2D eigenvalue weighted by Gasteiger charge is 2.26. The average molecular weight is 211 g/mol. The predicted molar refractivity (Wildman–Crippen MR) is 61.1 cm³/mol. The molecule has 0 radical (unpaired) electrons. The molecule has 1 atom stereocenters. The summed E-state index contributed by atoms with van der Waals surface area (Å²) in [5.41, 5.74) is 5.95. The molecule has 4 heteroatoms. The van der Waals surface area contributed by atoms with Crippen LogP contribution in [-0.4, -0.2) is 49.1 Å². The third-order valence-electron chi connectivity index (χ3n) is 2.90. The van der Waals surface area contributed by atoms with Gasteiger partial charge in [0.05, 0.1) is 12.6 Å². The van der Waals surface area contributed by atoms with E-state index in [0.717, 1.165) is 26.2 Å². The standard InChI is InChI=1S/C11H21N3O/c1-2-5-14-6-7-15-10(8-14)11(12)13-9-3-4-9/h9-10H,2-8H2,1H3,(H2,12,13). The zero-order chi connectivity index (χ0) is 10.7. The van der Waals surface area contributed by atoms with Crippen LogP contribution in [0.5, 0.6) is 0 Å². The van der Waals surface area contributed by atoms with E-state index >= 15 is 0 Å². The summed E-state index contributed by atoms with van der Waals surface area (Å²) < 4.78 is 5.65.